The maximum atomic E-state index is 12.9. The highest BCUT2D eigenvalue weighted by molar-refractivity contribution is 7.99. The molecule has 1 amide bonds. The number of esters is 1. The number of carbonyl (C=O) groups excluding carboxylic acids is 2. The second-order valence-electron chi connectivity index (χ2n) is 7.66. The van der Waals surface area contributed by atoms with Crippen LogP contribution >= 0.6 is 23.1 Å². The molecular formula is C22H21F3N4O4S2. The molecular weight excluding hydrogens is 505 g/mol. The van der Waals surface area contributed by atoms with Crippen LogP contribution in [-0.2, 0) is 42.2 Å². The minimum absolute atomic E-state index is 0.0175. The number of alkyl halides is 3. The summed E-state index contributed by atoms with van der Waals surface area (Å²) in [5, 5.41) is 11.7. The van der Waals surface area contributed by atoms with Gasteiger partial charge in [-0.1, -0.05) is 17.8 Å². The number of fused-ring (bicyclic) bond motifs is 1. The van der Waals surface area contributed by atoms with Crippen LogP contribution in [0.15, 0.2) is 29.4 Å². The molecule has 0 radical (unpaired) electrons. The molecule has 2 heterocycles. The SMILES string of the molecule is COC(=O)c1c(NC(=O)CSc2nnc(COc3cccc(C(F)(F)F)c3)n2C)sc2c1CCC2. The molecule has 0 saturated heterocycles. The fourth-order valence-electron chi connectivity index (χ4n) is 3.61. The average Bonchev–Trinajstić information content (AvgIpc) is 3.50. The number of aromatic nitrogens is 3. The summed E-state index contributed by atoms with van der Waals surface area (Å²) >= 11 is 2.53. The third kappa shape index (κ3) is 5.61. The molecule has 0 saturated carbocycles. The monoisotopic (exact) mass is 526 g/mol. The van der Waals surface area contributed by atoms with E-state index in [4.69, 9.17) is 9.47 Å². The second kappa shape index (κ2) is 10.3. The molecule has 2 aromatic heterocycles. The van der Waals surface area contributed by atoms with Gasteiger partial charge in [0, 0.05) is 11.9 Å². The number of nitrogens with zero attached hydrogens (tertiary/aromatic N) is 3. The maximum Gasteiger partial charge on any atom is 0.416 e. The van der Waals surface area contributed by atoms with Gasteiger partial charge in [0.05, 0.1) is 24.0 Å². The zero-order valence-electron chi connectivity index (χ0n) is 18.8. The summed E-state index contributed by atoms with van der Waals surface area (Å²) in [6.45, 7) is -0.0964. The lowest BCUT2D eigenvalue weighted by Gasteiger charge is -2.10. The van der Waals surface area contributed by atoms with Crippen molar-refractivity contribution < 1.29 is 32.2 Å². The Labute approximate surface area is 206 Å². The molecule has 0 aliphatic heterocycles. The van der Waals surface area contributed by atoms with Gasteiger partial charge in [-0.2, -0.15) is 13.2 Å². The molecule has 35 heavy (non-hydrogen) atoms. The molecule has 1 aliphatic rings. The number of ether oxygens (including phenoxy) is 2. The van der Waals surface area contributed by atoms with Crippen LogP contribution in [0.3, 0.4) is 0 Å². The van der Waals surface area contributed by atoms with Crippen LogP contribution in [0.4, 0.5) is 18.2 Å². The first kappa shape index (κ1) is 25.0. The Bertz CT molecular complexity index is 1260. The van der Waals surface area contributed by atoms with E-state index in [0.717, 1.165) is 53.6 Å². The number of rotatable bonds is 8. The number of benzene rings is 1. The summed E-state index contributed by atoms with van der Waals surface area (Å²) in [5.41, 5.74) is 0.570. The van der Waals surface area contributed by atoms with Crippen LogP contribution in [0.1, 0.15) is 38.6 Å². The number of nitrogens with one attached hydrogen (secondary N) is 1. The van der Waals surface area contributed by atoms with E-state index in [-0.39, 0.29) is 24.0 Å². The van der Waals surface area contributed by atoms with Crippen molar-refractivity contribution in [3.63, 3.8) is 0 Å². The van der Waals surface area contributed by atoms with E-state index >= 15 is 0 Å². The van der Waals surface area contributed by atoms with Crippen molar-refractivity contribution in [1.29, 1.82) is 0 Å². The van der Waals surface area contributed by atoms with E-state index in [2.05, 4.69) is 15.5 Å². The van der Waals surface area contributed by atoms with Gasteiger partial charge in [-0.3, -0.25) is 4.79 Å². The molecule has 8 nitrogen and oxygen atoms in total. The van der Waals surface area contributed by atoms with E-state index < -0.39 is 17.7 Å². The normalized spacial score (nSPS) is 12.9. The minimum atomic E-state index is -4.46. The fraction of sp³-hybridized carbons (Fsp3) is 0.364. The van der Waals surface area contributed by atoms with Gasteiger partial charge in [-0.05, 0) is 43.0 Å². The Morgan fingerprint density at radius 3 is 2.80 bits per heavy atom. The Balaban J connectivity index is 1.35. The Morgan fingerprint density at radius 1 is 1.26 bits per heavy atom. The number of carbonyl (C=O) groups is 2. The van der Waals surface area contributed by atoms with Gasteiger partial charge >= 0.3 is 12.1 Å². The van der Waals surface area contributed by atoms with Crippen LogP contribution in [0.2, 0.25) is 0 Å². The van der Waals surface area contributed by atoms with Crippen molar-refractivity contribution in [3.05, 3.63) is 51.7 Å². The zero-order valence-corrected chi connectivity index (χ0v) is 20.4. The average molecular weight is 527 g/mol. The van der Waals surface area contributed by atoms with Crippen LogP contribution < -0.4 is 10.1 Å². The van der Waals surface area contributed by atoms with Crippen molar-refractivity contribution >= 4 is 40.0 Å². The first-order chi connectivity index (χ1) is 16.7. The molecule has 1 N–H and O–H groups in total. The van der Waals surface area contributed by atoms with E-state index in [1.54, 1.807) is 11.6 Å². The van der Waals surface area contributed by atoms with Crippen molar-refractivity contribution in [2.75, 3.05) is 18.2 Å². The lowest BCUT2D eigenvalue weighted by molar-refractivity contribution is -0.137. The van der Waals surface area contributed by atoms with Crippen molar-refractivity contribution in [3.8, 4) is 5.75 Å². The molecule has 3 aromatic rings. The number of halogens is 3. The van der Waals surface area contributed by atoms with Gasteiger partial charge < -0.3 is 19.4 Å². The number of hydrogen-bond donors (Lipinski definition) is 1. The highest BCUT2D eigenvalue weighted by Gasteiger charge is 2.31. The lowest BCUT2D eigenvalue weighted by Crippen LogP contribution is -2.16. The van der Waals surface area contributed by atoms with Crippen molar-refractivity contribution in [2.45, 2.75) is 37.2 Å². The molecule has 0 spiro atoms. The quantitative estimate of drug-likeness (QED) is 0.342. The lowest BCUT2D eigenvalue weighted by atomic mass is 10.1. The third-order valence-electron chi connectivity index (χ3n) is 5.35. The van der Waals surface area contributed by atoms with Gasteiger partial charge in [-0.25, -0.2) is 4.79 Å². The van der Waals surface area contributed by atoms with Crippen molar-refractivity contribution in [1.82, 2.24) is 14.8 Å². The summed E-state index contributed by atoms with van der Waals surface area (Å²) < 4.78 is 50.5. The van der Waals surface area contributed by atoms with E-state index in [1.807, 2.05) is 0 Å². The summed E-state index contributed by atoms with van der Waals surface area (Å²) in [6.07, 6.45) is -1.83. The molecule has 0 bridgehead atoms. The summed E-state index contributed by atoms with van der Waals surface area (Å²) in [5.74, 6) is -0.326. The van der Waals surface area contributed by atoms with Crippen LogP contribution in [0.25, 0.3) is 0 Å². The molecule has 0 atom stereocenters. The Hall–Kier alpha value is -3.06. The predicted octanol–water partition coefficient (Wildman–Crippen LogP) is 4.48. The third-order valence-corrected chi connectivity index (χ3v) is 7.58. The zero-order chi connectivity index (χ0) is 25.2. The summed E-state index contributed by atoms with van der Waals surface area (Å²) in [7, 11) is 2.98. The predicted molar refractivity (Wildman–Crippen MR) is 124 cm³/mol. The first-order valence-corrected chi connectivity index (χ1v) is 12.3. The number of anilines is 1. The molecule has 13 heteroatoms. The van der Waals surface area contributed by atoms with Gasteiger partial charge in [0.25, 0.3) is 0 Å². The largest absolute Gasteiger partial charge is 0.486 e. The number of methoxy groups -OCH3 is 1. The van der Waals surface area contributed by atoms with E-state index in [0.29, 0.717) is 21.5 Å². The van der Waals surface area contributed by atoms with Gasteiger partial charge in [0.2, 0.25) is 5.91 Å². The number of thioether (sulfide) groups is 1. The summed E-state index contributed by atoms with van der Waals surface area (Å²) in [4.78, 5) is 25.9. The second-order valence-corrected chi connectivity index (χ2v) is 9.71. The smallest absolute Gasteiger partial charge is 0.416 e. The Morgan fingerprint density at radius 2 is 2.06 bits per heavy atom. The number of thiophene rings is 1. The highest BCUT2D eigenvalue weighted by Crippen LogP contribution is 2.39. The van der Waals surface area contributed by atoms with Crippen LogP contribution in [0.5, 0.6) is 5.75 Å². The van der Waals surface area contributed by atoms with Crippen LogP contribution in [-0.4, -0.2) is 39.5 Å². The van der Waals surface area contributed by atoms with Crippen LogP contribution in [0, 0.1) is 0 Å². The first-order valence-electron chi connectivity index (χ1n) is 10.5. The minimum Gasteiger partial charge on any atom is -0.486 e. The van der Waals surface area contributed by atoms with Gasteiger partial charge in [-0.15, -0.1) is 21.5 Å². The number of aryl methyl sites for hydroxylation is 1. The van der Waals surface area contributed by atoms with Gasteiger partial charge in [0.1, 0.15) is 17.4 Å². The van der Waals surface area contributed by atoms with E-state index in [1.165, 1.54) is 30.6 Å². The molecule has 0 unspecified atom stereocenters. The fourth-order valence-corrected chi connectivity index (χ4v) is 5.63. The highest BCUT2D eigenvalue weighted by atomic mass is 32.2. The summed E-state index contributed by atoms with van der Waals surface area (Å²) in [6, 6.07) is 4.57. The molecule has 186 valence electrons. The maximum absolute atomic E-state index is 12.9. The molecule has 1 aliphatic carbocycles. The topological polar surface area (TPSA) is 95.3 Å². The standard InChI is InChI=1S/C22H21F3N4O4S2/c1-29-16(10-33-13-6-3-5-12(9-13)22(23,24)25)27-28-21(29)34-11-17(30)26-19-18(20(31)32-2)14-7-4-8-15(14)35-19/h3,5-6,9H,4,7-8,10-11H2,1-2H3,(H,26,30). The van der Waals surface area contributed by atoms with Crippen molar-refractivity contribution in [2.24, 2.45) is 7.05 Å². The molecule has 4 rings (SSSR count). The van der Waals surface area contributed by atoms with E-state index in [9.17, 15) is 22.8 Å². The molecule has 0 fully saturated rings. The number of hydrogen-bond acceptors (Lipinski definition) is 8. The number of amides is 1. The van der Waals surface area contributed by atoms with Gasteiger partial charge in [0.15, 0.2) is 11.0 Å². The molecule has 1 aromatic carbocycles. The Kier molecular flexibility index (Phi) is 7.36.